The van der Waals surface area contributed by atoms with E-state index in [2.05, 4.69) is 25.2 Å². The van der Waals surface area contributed by atoms with Crippen LogP contribution in [-0.4, -0.2) is 39.2 Å². The van der Waals surface area contributed by atoms with Crippen LogP contribution >= 0.6 is 0 Å². The number of rotatable bonds is 8. The van der Waals surface area contributed by atoms with Gasteiger partial charge in [-0.15, -0.1) is 0 Å². The monoisotopic (exact) mass is 416 g/mol. The molecule has 0 saturated carbocycles. The van der Waals surface area contributed by atoms with E-state index in [1.165, 1.54) is 0 Å². The summed E-state index contributed by atoms with van der Waals surface area (Å²) in [5.41, 5.74) is 3.67. The van der Waals surface area contributed by atoms with Crippen LogP contribution in [0.3, 0.4) is 0 Å². The molecule has 0 radical (unpaired) electrons. The lowest BCUT2D eigenvalue weighted by atomic mass is 10.2. The molecule has 8 nitrogen and oxygen atoms in total. The Kier molecular flexibility index (Phi) is 6.37. The molecule has 0 atom stereocenters. The molecule has 0 spiro atoms. The van der Waals surface area contributed by atoms with Gasteiger partial charge in [-0.25, -0.2) is 14.8 Å². The van der Waals surface area contributed by atoms with Gasteiger partial charge in [0.15, 0.2) is 5.65 Å². The number of hydrogen-bond acceptors (Lipinski definition) is 5. The van der Waals surface area contributed by atoms with Crippen LogP contribution in [0.5, 0.6) is 5.75 Å². The standard InChI is InChI=1S/C23H24N6O2/c1-31-19-7-5-17(6-8-19)16-27-23(30)26-12-3-15-29-21(18-9-13-24-14-10-18)28-20-4-2-11-25-22(20)29/h2,4-11,13-14H,3,12,15-16H2,1H3,(H2,26,27,30). The van der Waals surface area contributed by atoms with Crippen molar-refractivity contribution in [3.05, 3.63) is 72.7 Å². The first kappa shape index (κ1) is 20.3. The lowest BCUT2D eigenvalue weighted by Gasteiger charge is -2.10. The number of aryl methyl sites for hydroxylation is 1. The number of nitrogens with zero attached hydrogens (tertiary/aromatic N) is 4. The van der Waals surface area contributed by atoms with Gasteiger partial charge in [-0.05, 0) is 48.4 Å². The fourth-order valence-electron chi connectivity index (χ4n) is 3.32. The molecule has 0 aliphatic heterocycles. The third kappa shape index (κ3) is 4.98. The molecular formula is C23H24N6O2. The Labute approximate surface area is 180 Å². The largest absolute Gasteiger partial charge is 0.497 e. The van der Waals surface area contributed by atoms with Crippen molar-refractivity contribution in [3.8, 4) is 17.1 Å². The van der Waals surface area contributed by atoms with Crippen molar-refractivity contribution in [3.63, 3.8) is 0 Å². The molecule has 2 amide bonds. The first-order valence-corrected chi connectivity index (χ1v) is 10.1. The lowest BCUT2D eigenvalue weighted by molar-refractivity contribution is 0.240. The number of carbonyl (C=O) groups excluding carboxylic acids is 1. The highest BCUT2D eigenvalue weighted by atomic mass is 16.5. The topological polar surface area (TPSA) is 94.0 Å². The predicted octanol–water partition coefficient (Wildman–Crippen LogP) is 3.39. The van der Waals surface area contributed by atoms with Gasteiger partial charge < -0.3 is 19.9 Å². The van der Waals surface area contributed by atoms with Crippen molar-refractivity contribution in [1.82, 2.24) is 30.2 Å². The minimum atomic E-state index is -0.196. The van der Waals surface area contributed by atoms with Crippen molar-refractivity contribution < 1.29 is 9.53 Å². The molecule has 0 aliphatic rings. The molecular weight excluding hydrogens is 392 g/mol. The number of amides is 2. The maximum Gasteiger partial charge on any atom is 0.315 e. The van der Waals surface area contributed by atoms with Crippen LogP contribution in [0.2, 0.25) is 0 Å². The molecule has 31 heavy (non-hydrogen) atoms. The van der Waals surface area contributed by atoms with E-state index in [0.29, 0.717) is 19.6 Å². The summed E-state index contributed by atoms with van der Waals surface area (Å²) >= 11 is 0. The first-order chi connectivity index (χ1) is 15.2. The summed E-state index contributed by atoms with van der Waals surface area (Å²) < 4.78 is 7.23. The minimum absolute atomic E-state index is 0.196. The quantitative estimate of drug-likeness (QED) is 0.430. The van der Waals surface area contributed by atoms with Crippen molar-refractivity contribution in [1.29, 1.82) is 0 Å². The van der Waals surface area contributed by atoms with Gasteiger partial charge in [-0.3, -0.25) is 4.98 Å². The molecule has 0 unspecified atom stereocenters. The SMILES string of the molecule is COc1ccc(CNC(=O)NCCCn2c(-c3ccncc3)nc3cccnc32)cc1. The molecule has 8 heteroatoms. The predicted molar refractivity (Wildman–Crippen MR) is 119 cm³/mol. The average Bonchev–Trinajstić information content (AvgIpc) is 3.20. The van der Waals surface area contributed by atoms with Crippen LogP contribution in [-0.2, 0) is 13.1 Å². The van der Waals surface area contributed by atoms with Gasteiger partial charge in [-0.2, -0.15) is 0 Å². The van der Waals surface area contributed by atoms with E-state index < -0.39 is 0 Å². The molecule has 4 aromatic rings. The summed E-state index contributed by atoms with van der Waals surface area (Å²) in [6.07, 6.45) is 6.01. The summed E-state index contributed by atoms with van der Waals surface area (Å²) in [4.78, 5) is 25.4. The van der Waals surface area contributed by atoms with Crippen molar-refractivity contribution >= 4 is 17.2 Å². The number of ether oxygens (including phenoxy) is 1. The molecule has 3 aromatic heterocycles. The Morgan fingerprint density at radius 3 is 2.61 bits per heavy atom. The van der Waals surface area contributed by atoms with Crippen molar-refractivity contribution in [2.24, 2.45) is 0 Å². The number of methoxy groups -OCH3 is 1. The molecule has 1 aromatic carbocycles. The van der Waals surface area contributed by atoms with Gasteiger partial charge in [0.25, 0.3) is 0 Å². The van der Waals surface area contributed by atoms with Crippen LogP contribution in [0.25, 0.3) is 22.6 Å². The van der Waals surface area contributed by atoms with E-state index in [1.807, 2.05) is 48.5 Å². The Hall–Kier alpha value is -3.94. The zero-order valence-electron chi connectivity index (χ0n) is 17.3. The van der Waals surface area contributed by atoms with Crippen molar-refractivity contribution in [2.45, 2.75) is 19.5 Å². The van der Waals surface area contributed by atoms with E-state index in [4.69, 9.17) is 9.72 Å². The normalized spacial score (nSPS) is 10.7. The van der Waals surface area contributed by atoms with Crippen LogP contribution in [0, 0.1) is 0 Å². The molecule has 3 heterocycles. The Bertz CT molecular complexity index is 1140. The molecule has 4 rings (SSSR count). The van der Waals surface area contributed by atoms with Gasteiger partial charge in [0, 0.05) is 43.8 Å². The van der Waals surface area contributed by atoms with Crippen LogP contribution < -0.4 is 15.4 Å². The molecule has 2 N–H and O–H groups in total. The average molecular weight is 416 g/mol. The second-order valence-corrected chi connectivity index (χ2v) is 6.98. The maximum atomic E-state index is 12.1. The maximum absolute atomic E-state index is 12.1. The fraction of sp³-hybridized carbons (Fsp3) is 0.217. The Balaban J connectivity index is 1.32. The number of imidazole rings is 1. The summed E-state index contributed by atoms with van der Waals surface area (Å²) in [5.74, 6) is 1.64. The van der Waals surface area contributed by atoms with Gasteiger partial charge in [-0.1, -0.05) is 12.1 Å². The third-order valence-electron chi connectivity index (χ3n) is 4.90. The van der Waals surface area contributed by atoms with Gasteiger partial charge in [0.2, 0.25) is 0 Å². The number of urea groups is 1. The fourth-order valence-corrected chi connectivity index (χ4v) is 3.32. The van der Waals surface area contributed by atoms with Gasteiger partial charge >= 0.3 is 6.03 Å². The van der Waals surface area contributed by atoms with E-state index in [-0.39, 0.29) is 6.03 Å². The number of fused-ring (bicyclic) bond motifs is 1. The van der Waals surface area contributed by atoms with Gasteiger partial charge in [0.05, 0.1) is 7.11 Å². The van der Waals surface area contributed by atoms with E-state index in [0.717, 1.165) is 40.3 Å². The summed E-state index contributed by atoms with van der Waals surface area (Å²) in [5, 5.41) is 5.77. The second kappa shape index (κ2) is 9.71. The molecule has 0 aliphatic carbocycles. The van der Waals surface area contributed by atoms with Gasteiger partial charge in [0.1, 0.15) is 17.1 Å². The lowest BCUT2D eigenvalue weighted by Crippen LogP contribution is -2.35. The van der Waals surface area contributed by atoms with Crippen LogP contribution in [0.1, 0.15) is 12.0 Å². The smallest absolute Gasteiger partial charge is 0.315 e. The van der Waals surface area contributed by atoms with Crippen molar-refractivity contribution in [2.75, 3.05) is 13.7 Å². The number of carbonyl (C=O) groups is 1. The number of aromatic nitrogens is 4. The summed E-state index contributed by atoms with van der Waals surface area (Å²) in [6, 6.07) is 15.1. The molecule has 0 saturated heterocycles. The first-order valence-electron chi connectivity index (χ1n) is 10.1. The van der Waals surface area contributed by atoms with Crippen LogP contribution in [0.15, 0.2) is 67.1 Å². The van der Waals surface area contributed by atoms with Crippen LogP contribution in [0.4, 0.5) is 4.79 Å². The number of hydrogen-bond donors (Lipinski definition) is 2. The Morgan fingerprint density at radius 1 is 1.03 bits per heavy atom. The summed E-state index contributed by atoms with van der Waals surface area (Å²) in [6.45, 7) is 1.68. The highest BCUT2D eigenvalue weighted by Gasteiger charge is 2.13. The Morgan fingerprint density at radius 2 is 1.84 bits per heavy atom. The second-order valence-electron chi connectivity index (χ2n) is 6.98. The highest BCUT2D eigenvalue weighted by molar-refractivity contribution is 5.77. The van der Waals surface area contributed by atoms with E-state index >= 15 is 0 Å². The van der Waals surface area contributed by atoms with E-state index in [1.54, 1.807) is 25.7 Å². The van der Waals surface area contributed by atoms with E-state index in [9.17, 15) is 4.79 Å². The highest BCUT2D eigenvalue weighted by Crippen LogP contribution is 2.23. The number of nitrogens with one attached hydrogen (secondary N) is 2. The molecule has 0 fully saturated rings. The molecule has 158 valence electrons. The molecule has 0 bridgehead atoms. The minimum Gasteiger partial charge on any atom is -0.497 e. The summed E-state index contributed by atoms with van der Waals surface area (Å²) in [7, 11) is 1.63. The third-order valence-corrected chi connectivity index (χ3v) is 4.90. The number of pyridine rings is 2. The zero-order valence-corrected chi connectivity index (χ0v) is 17.3. The zero-order chi connectivity index (χ0) is 21.5. The number of benzene rings is 1.